The second-order valence-corrected chi connectivity index (χ2v) is 4.74. The van der Waals surface area contributed by atoms with Crippen LogP contribution in [0.25, 0.3) is 5.57 Å². The molecule has 0 amide bonds. The molecule has 0 fully saturated rings. The summed E-state index contributed by atoms with van der Waals surface area (Å²) >= 11 is 0. The van der Waals surface area contributed by atoms with Crippen molar-refractivity contribution < 1.29 is 19.0 Å². The van der Waals surface area contributed by atoms with Crippen LogP contribution in [0.5, 0.6) is 5.75 Å². The Hall–Kier alpha value is -1.97. The Morgan fingerprint density at radius 3 is 2.21 bits per heavy atom. The highest BCUT2D eigenvalue weighted by Crippen LogP contribution is 2.34. The molecule has 19 heavy (non-hydrogen) atoms. The van der Waals surface area contributed by atoms with Crippen molar-refractivity contribution in [2.75, 3.05) is 14.2 Å². The molecule has 0 aromatic heterocycles. The van der Waals surface area contributed by atoms with E-state index in [0.29, 0.717) is 11.3 Å². The highest BCUT2D eigenvalue weighted by Gasteiger charge is 2.37. The predicted molar refractivity (Wildman–Crippen MR) is 71.6 cm³/mol. The molecule has 4 heteroatoms. The number of rotatable bonds is 4. The largest absolute Gasteiger partial charge is 0.497 e. The predicted octanol–water partition coefficient (Wildman–Crippen LogP) is 2.63. The van der Waals surface area contributed by atoms with Crippen molar-refractivity contribution in [1.82, 2.24) is 0 Å². The van der Waals surface area contributed by atoms with E-state index in [2.05, 4.69) is 0 Å². The maximum atomic E-state index is 12.0. The lowest BCUT2D eigenvalue weighted by Gasteiger charge is -2.16. The molecule has 1 aliphatic heterocycles. The van der Waals surface area contributed by atoms with Crippen LogP contribution < -0.4 is 4.74 Å². The van der Waals surface area contributed by atoms with Gasteiger partial charge in [-0.15, -0.1) is 0 Å². The van der Waals surface area contributed by atoms with E-state index in [-0.39, 0.29) is 18.0 Å². The Morgan fingerprint density at radius 2 is 1.74 bits per heavy atom. The van der Waals surface area contributed by atoms with Gasteiger partial charge in [-0.05, 0) is 23.6 Å². The minimum Gasteiger partial charge on any atom is -0.497 e. The molecule has 1 atom stereocenters. The first-order valence-corrected chi connectivity index (χ1v) is 6.22. The Balaban J connectivity index is 2.44. The van der Waals surface area contributed by atoms with E-state index in [9.17, 15) is 4.79 Å². The van der Waals surface area contributed by atoms with Crippen molar-refractivity contribution in [3.63, 3.8) is 0 Å². The van der Waals surface area contributed by atoms with Crippen molar-refractivity contribution in [2.24, 2.45) is 5.92 Å². The van der Waals surface area contributed by atoms with Crippen molar-refractivity contribution in [1.29, 1.82) is 0 Å². The normalized spacial score (nSPS) is 18.8. The van der Waals surface area contributed by atoms with Gasteiger partial charge < -0.3 is 14.2 Å². The van der Waals surface area contributed by atoms with Crippen molar-refractivity contribution in [2.45, 2.75) is 20.0 Å². The third-order valence-corrected chi connectivity index (χ3v) is 3.15. The maximum absolute atomic E-state index is 12.0. The summed E-state index contributed by atoms with van der Waals surface area (Å²) in [6.45, 7) is 3.99. The lowest BCUT2D eigenvalue weighted by atomic mass is 10.00. The van der Waals surface area contributed by atoms with Gasteiger partial charge in [0.25, 0.3) is 0 Å². The number of methoxy groups -OCH3 is 2. The number of cyclic esters (lactones) is 1. The van der Waals surface area contributed by atoms with Gasteiger partial charge in [-0.3, -0.25) is 0 Å². The first kappa shape index (κ1) is 13.5. The van der Waals surface area contributed by atoms with Crippen molar-refractivity contribution >= 4 is 11.5 Å². The van der Waals surface area contributed by atoms with Gasteiger partial charge in [-0.2, -0.15) is 0 Å². The van der Waals surface area contributed by atoms with E-state index < -0.39 is 0 Å². The molecule has 1 aromatic carbocycles. The molecule has 0 aliphatic carbocycles. The van der Waals surface area contributed by atoms with Crippen LogP contribution in [0.15, 0.2) is 30.0 Å². The number of hydrogen-bond donors (Lipinski definition) is 0. The molecule has 1 heterocycles. The zero-order valence-electron chi connectivity index (χ0n) is 11.6. The lowest BCUT2D eigenvalue weighted by Crippen LogP contribution is -2.19. The molecule has 4 nitrogen and oxygen atoms in total. The third kappa shape index (κ3) is 2.43. The van der Waals surface area contributed by atoms with Crippen LogP contribution in [-0.4, -0.2) is 26.3 Å². The summed E-state index contributed by atoms with van der Waals surface area (Å²) in [5.74, 6) is 1.19. The minimum atomic E-state index is -0.333. The van der Waals surface area contributed by atoms with Gasteiger partial charge in [0.1, 0.15) is 11.3 Å². The average molecular weight is 262 g/mol. The highest BCUT2D eigenvalue weighted by atomic mass is 16.6. The standard InChI is InChI=1S/C15H18O4/c1-9(2)13-14(18-4)12(15(16)19-13)10-5-7-11(17-3)8-6-10/h5-9,13H,1-4H3/t13-/m0/s1. The van der Waals surface area contributed by atoms with Crippen LogP contribution in [0.1, 0.15) is 19.4 Å². The second-order valence-electron chi connectivity index (χ2n) is 4.74. The quantitative estimate of drug-likeness (QED) is 0.782. The molecule has 0 spiro atoms. The van der Waals surface area contributed by atoms with Crippen LogP contribution in [0, 0.1) is 5.92 Å². The highest BCUT2D eigenvalue weighted by molar-refractivity contribution is 6.19. The molecule has 0 saturated heterocycles. The average Bonchev–Trinajstić information content (AvgIpc) is 2.76. The molecule has 1 aliphatic rings. The first-order chi connectivity index (χ1) is 9.08. The molecule has 0 saturated carbocycles. The van der Waals surface area contributed by atoms with Crippen molar-refractivity contribution in [3.8, 4) is 5.75 Å². The molecule has 2 rings (SSSR count). The molecule has 102 valence electrons. The van der Waals surface area contributed by atoms with Crippen molar-refractivity contribution in [3.05, 3.63) is 35.6 Å². The van der Waals surface area contributed by atoms with E-state index in [1.54, 1.807) is 14.2 Å². The van der Waals surface area contributed by atoms with Gasteiger partial charge in [0, 0.05) is 0 Å². The van der Waals surface area contributed by atoms with Crippen LogP contribution in [0.3, 0.4) is 0 Å². The maximum Gasteiger partial charge on any atom is 0.343 e. The van der Waals surface area contributed by atoms with Crippen LogP contribution in [-0.2, 0) is 14.3 Å². The summed E-state index contributed by atoms with van der Waals surface area (Å²) in [7, 11) is 3.17. The Bertz CT molecular complexity index is 499. The monoisotopic (exact) mass is 262 g/mol. The van der Waals surface area contributed by atoms with Gasteiger partial charge in [-0.1, -0.05) is 26.0 Å². The molecule has 0 unspecified atom stereocenters. The zero-order chi connectivity index (χ0) is 14.0. The van der Waals surface area contributed by atoms with E-state index in [4.69, 9.17) is 14.2 Å². The summed E-state index contributed by atoms with van der Waals surface area (Å²) in [5, 5.41) is 0. The Kier molecular flexibility index (Phi) is 3.79. The molecular formula is C15H18O4. The number of carbonyl (C=O) groups excluding carboxylic acids is 1. The molecular weight excluding hydrogens is 244 g/mol. The van der Waals surface area contributed by atoms with Gasteiger partial charge in [-0.25, -0.2) is 4.79 Å². The third-order valence-electron chi connectivity index (χ3n) is 3.15. The van der Waals surface area contributed by atoms with Crippen LogP contribution >= 0.6 is 0 Å². The summed E-state index contributed by atoms with van der Waals surface area (Å²) < 4.78 is 15.9. The van der Waals surface area contributed by atoms with Gasteiger partial charge in [0.15, 0.2) is 11.9 Å². The lowest BCUT2D eigenvalue weighted by molar-refractivity contribution is -0.140. The Morgan fingerprint density at radius 1 is 1.11 bits per heavy atom. The van der Waals surface area contributed by atoms with Crippen LogP contribution in [0.4, 0.5) is 0 Å². The smallest absolute Gasteiger partial charge is 0.343 e. The number of esters is 1. The van der Waals surface area contributed by atoms with Gasteiger partial charge in [0.05, 0.1) is 14.2 Å². The number of ether oxygens (including phenoxy) is 3. The van der Waals surface area contributed by atoms with E-state index in [0.717, 1.165) is 11.3 Å². The molecule has 0 N–H and O–H groups in total. The fourth-order valence-corrected chi connectivity index (χ4v) is 2.15. The van der Waals surface area contributed by atoms with Gasteiger partial charge >= 0.3 is 5.97 Å². The van der Waals surface area contributed by atoms with E-state index >= 15 is 0 Å². The molecule has 0 radical (unpaired) electrons. The minimum absolute atomic E-state index is 0.176. The SMILES string of the molecule is COC1=C(c2ccc(OC)cc2)C(=O)O[C@H]1C(C)C. The van der Waals surface area contributed by atoms with Gasteiger partial charge in [0.2, 0.25) is 0 Å². The summed E-state index contributed by atoms with van der Waals surface area (Å²) in [6.07, 6.45) is -0.311. The summed E-state index contributed by atoms with van der Waals surface area (Å²) in [5.41, 5.74) is 1.29. The Labute approximate surface area is 113 Å². The molecule has 1 aromatic rings. The second kappa shape index (κ2) is 5.34. The number of hydrogen-bond acceptors (Lipinski definition) is 4. The zero-order valence-corrected chi connectivity index (χ0v) is 11.6. The molecule has 0 bridgehead atoms. The van der Waals surface area contributed by atoms with E-state index in [1.165, 1.54) is 0 Å². The summed E-state index contributed by atoms with van der Waals surface area (Å²) in [6, 6.07) is 7.28. The topological polar surface area (TPSA) is 44.8 Å². The fourth-order valence-electron chi connectivity index (χ4n) is 2.15. The first-order valence-electron chi connectivity index (χ1n) is 6.22. The van der Waals surface area contributed by atoms with E-state index in [1.807, 2.05) is 38.1 Å². The van der Waals surface area contributed by atoms with Crippen LogP contribution in [0.2, 0.25) is 0 Å². The summed E-state index contributed by atoms with van der Waals surface area (Å²) in [4.78, 5) is 12.0. The fraction of sp³-hybridized carbons (Fsp3) is 0.400. The number of carbonyl (C=O) groups is 1. The number of benzene rings is 1.